The van der Waals surface area contributed by atoms with Crippen LogP contribution in [0.15, 0.2) is 30.3 Å². The van der Waals surface area contributed by atoms with Crippen molar-refractivity contribution in [3.8, 4) is 0 Å². The Morgan fingerprint density at radius 1 is 1.39 bits per heavy atom. The highest BCUT2D eigenvalue weighted by molar-refractivity contribution is 5.76. The first-order valence-corrected chi connectivity index (χ1v) is 9.36. The highest BCUT2D eigenvalue weighted by Crippen LogP contribution is 2.20. The van der Waals surface area contributed by atoms with Gasteiger partial charge in [0.1, 0.15) is 6.61 Å². The number of hydrogen-bond acceptors (Lipinski definition) is 6. The number of unbranched alkanes of at least 4 members (excludes halogenated alkanes) is 1. The molecule has 3 N–H and O–H groups in total. The fourth-order valence-corrected chi connectivity index (χ4v) is 2.97. The maximum Gasteiger partial charge on any atom is 0.407 e. The summed E-state index contributed by atoms with van der Waals surface area (Å²) in [6, 6.07) is 8.88. The molecule has 0 unspecified atom stereocenters. The number of nitrogens with zero attached hydrogens (tertiary/aromatic N) is 2. The quantitative estimate of drug-likeness (QED) is 0.203. The van der Waals surface area contributed by atoms with E-state index in [9.17, 15) is 14.9 Å². The smallest absolute Gasteiger partial charge is 0.407 e. The molecule has 0 aliphatic carbocycles. The van der Waals surface area contributed by atoms with Crippen LogP contribution < -0.4 is 10.7 Å². The van der Waals surface area contributed by atoms with E-state index >= 15 is 0 Å². The van der Waals surface area contributed by atoms with E-state index in [1.54, 1.807) is 0 Å². The second-order valence-electron chi connectivity index (χ2n) is 6.48. The summed E-state index contributed by atoms with van der Waals surface area (Å²) in [6.07, 6.45) is 1.75. The summed E-state index contributed by atoms with van der Waals surface area (Å²) in [5.41, 5.74) is 2.73. The lowest BCUT2D eigenvalue weighted by molar-refractivity contribution is -0.527. The van der Waals surface area contributed by atoms with Gasteiger partial charge < -0.3 is 19.7 Å². The topological polar surface area (TPSA) is 130 Å². The Kier molecular flexibility index (Phi) is 8.47. The van der Waals surface area contributed by atoms with Crippen LogP contribution in [-0.4, -0.2) is 47.4 Å². The number of guanidine groups is 1. The van der Waals surface area contributed by atoms with Gasteiger partial charge in [-0.3, -0.25) is 5.41 Å². The Morgan fingerprint density at radius 2 is 2.14 bits per heavy atom. The van der Waals surface area contributed by atoms with E-state index in [0.717, 1.165) is 18.4 Å². The third kappa shape index (κ3) is 6.69. The van der Waals surface area contributed by atoms with Crippen molar-refractivity contribution in [2.75, 3.05) is 13.2 Å². The van der Waals surface area contributed by atoms with Gasteiger partial charge in [0.2, 0.25) is 0 Å². The number of nitro groups is 1. The molecule has 1 fully saturated rings. The first-order chi connectivity index (χ1) is 13.5. The molecule has 0 bridgehead atoms. The van der Waals surface area contributed by atoms with Crippen molar-refractivity contribution in [3.63, 3.8) is 0 Å². The van der Waals surface area contributed by atoms with Gasteiger partial charge in [-0.05, 0) is 24.8 Å². The van der Waals surface area contributed by atoms with Crippen LogP contribution in [-0.2, 0) is 16.1 Å². The first kappa shape index (κ1) is 21.4. The summed E-state index contributed by atoms with van der Waals surface area (Å²) in [7, 11) is 0. The molecule has 2 atom stereocenters. The highest BCUT2D eigenvalue weighted by Gasteiger charge is 2.36. The largest absolute Gasteiger partial charge is 0.445 e. The lowest BCUT2D eigenvalue weighted by Gasteiger charge is -2.41. The number of carbonyl (C=O) groups is 1. The summed E-state index contributed by atoms with van der Waals surface area (Å²) in [6.45, 7) is 3.02. The molecule has 1 amide bonds. The number of alkyl carbamates (subject to hydrolysis) is 1. The minimum atomic E-state index is -0.781. The SMILES string of the molecule is CCCCO[C@@H]1[C@H](NC(=O)OCc2ccccc2)CCCN1C(=N)N[N+](=O)[O-]. The Morgan fingerprint density at radius 3 is 2.82 bits per heavy atom. The third-order valence-electron chi connectivity index (χ3n) is 4.35. The second-order valence-corrected chi connectivity index (χ2v) is 6.48. The molecule has 1 aromatic carbocycles. The van der Waals surface area contributed by atoms with Gasteiger partial charge in [0.05, 0.1) is 6.04 Å². The van der Waals surface area contributed by atoms with Crippen molar-refractivity contribution >= 4 is 12.1 Å². The van der Waals surface area contributed by atoms with Crippen LogP contribution in [0.4, 0.5) is 4.79 Å². The lowest BCUT2D eigenvalue weighted by atomic mass is 10.0. The van der Waals surface area contributed by atoms with Crippen molar-refractivity contribution in [1.82, 2.24) is 15.6 Å². The zero-order valence-electron chi connectivity index (χ0n) is 15.9. The molecule has 1 heterocycles. The fourth-order valence-electron chi connectivity index (χ4n) is 2.97. The van der Waals surface area contributed by atoms with Crippen molar-refractivity contribution in [2.45, 2.75) is 51.5 Å². The maximum absolute atomic E-state index is 12.2. The third-order valence-corrected chi connectivity index (χ3v) is 4.35. The average molecular weight is 393 g/mol. The van der Waals surface area contributed by atoms with Crippen molar-refractivity contribution in [3.05, 3.63) is 46.0 Å². The molecule has 0 saturated carbocycles. The zero-order chi connectivity index (χ0) is 20.4. The highest BCUT2D eigenvalue weighted by atomic mass is 16.7. The average Bonchev–Trinajstić information content (AvgIpc) is 2.68. The first-order valence-electron chi connectivity index (χ1n) is 9.36. The van der Waals surface area contributed by atoms with Crippen molar-refractivity contribution in [2.24, 2.45) is 0 Å². The predicted molar refractivity (Wildman–Crippen MR) is 102 cm³/mol. The van der Waals surface area contributed by atoms with Crippen LogP contribution >= 0.6 is 0 Å². The van der Waals surface area contributed by atoms with Gasteiger partial charge in [-0.2, -0.15) is 0 Å². The number of ether oxygens (including phenoxy) is 2. The summed E-state index contributed by atoms with van der Waals surface area (Å²) < 4.78 is 11.1. The fraction of sp³-hybridized carbons (Fsp3) is 0.556. The molecule has 10 heteroatoms. The molecule has 154 valence electrons. The summed E-state index contributed by atoms with van der Waals surface area (Å²) in [5, 5.41) is 20.6. The van der Waals surface area contributed by atoms with Gasteiger partial charge in [-0.1, -0.05) is 49.1 Å². The van der Waals surface area contributed by atoms with Crippen LogP contribution in [0.1, 0.15) is 38.2 Å². The number of hydrogen-bond donors (Lipinski definition) is 3. The van der Waals surface area contributed by atoms with E-state index in [1.807, 2.05) is 42.7 Å². The van der Waals surface area contributed by atoms with E-state index in [2.05, 4.69) is 5.32 Å². The summed E-state index contributed by atoms with van der Waals surface area (Å²) in [5.74, 6) is -0.365. The number of carbonyl (C=O) groups excluding carboxylic acids is 1. The Hall–Kier alpha value is -2.88. The molecule has 1 saturated heterocycles. The van der Waals surface area contributed by atoms with E-state index in [1.165, 1.54) is 4.90 Å². The molecule has 1 aromatic rings. The van der Waals surface area contributed by atoms with Crippen LogP contribution in [0.2, 0.25) is 0 Å². The summed E-state index contributed by atoms with van der Waals surface area (Å²) >= 11 is 0. The van der Waals surface area contributed by atoms with Gasteiger partial charge in [-0.15, -0.1) is 0 Å². The Labute approximate surface area is 163 Å². The zero-order valence-corrected chi connectivity index (χ0v) is 15.9. The van der Waals surface area contributed by atoms with Crippen LogP contribution in [0.25, 0.3) is 0 Å². The van der Waals surface area contributed by atoms with Gasteiger partial charge in [0.25, 0.3) is 5.96 Å². The molecule has 0 spiro atoms. The molecular formula is C18H27N5O5. The molecule has 1 aliphatic heterocycles. The Bertz CT molecular complexity index is 657. The van der Waals surface area contributed by atoms with Crippen LogP contribution in [0.3, 0.4) is 0 Å². The standard InChI is InChI=1S/C18H27N5O5/c1-2-3-12-27-16-15(10-7-11-22(16)17(19)21-23(25)26)20-18(24)28-13-14-8-5-4-6-9-14/h4-6,8-9,15-16H,2-3,7,10-13H2,1H3,(H2,19,21)(H,20,24)/t15-,16-/m1/s1. The van der Waals surface area contributed by atoms with Crippen molar-refractivity contribution < 1.29 is 19.3 Å². The van der Waals surface area contributed by atoms with E-state index in [-0.39, 0.29) is 12.6 Å². The van der Waals surface area contributed by atoms with Crippen LogP contribution in [0, 0.1) is 15.5 Å². The molecular weight excluding hydrogens is 366 g/mol. The van der Waals surface area contributed by atoms with Gasteiger partial charge in [0.15, 0.2) is 11.3 Å². The molecule has 2 rings (SSSR count). The molecule has 1 aliphatic rings. The monoisotopic (exact) mass is 393 g/mol. The van der Waals surface area contributed by atoms with E-state index in [0.29, 0.717) is 26.0 Å². The molecule has 0 radical (unpaired) electrons. The second kappa shape index (κ2) is 11.1. The van der Waals surface area contributed by atoms with Gasteiger partial charge in [0, 0.05) is 13.2 Å². The van der Waals surface area contributed by atoms with E-state index < -0.39 is 23.4 Å². The Balaban J connectivity index is 1.98. The number of hydrazine groups is 1. The number of rotatable bonds is 8. The van der Waals surface area contributed by atoms with Crippen molar-refractivity contribution in [1.29, 1.82) is 5.41 Å². The number of piperidine rings is 1. The number of amides is 1. The molecule has 0 aromatic heterocycles. The lowest BCUT2D eigenvalue weighted by Crippen LogP contribution is -2.60. The maximum atomic E-state index is 12.2. The summed E-state index contributed by atoms with van der Waals surface area (Å²) in [4.78, 5) is 24.4. The van der Waals surface area contributed by atoms with Gasteiger partial charge in [-0.25, -0.2) is 14.9 Å². The molecule has 28 heavy (non-hydrogen) atoms. The predicted octanol–water partition coefficient (Wildman–Crippen LogP) is 2.24. The number of nitrogens with one attached hydrogen (secondary N) is 3. The van der Waals surface area contributed by atoms with Crippen LogP contribution in [0.5, 0.6) is 0 Å². The minimum Gasteiger partial charge on any atom is -0.445 e. The van der Waals surface area contributed by atoms with Gasteiger partial charge >= 0.3 is 6.09 Å². The number of benzene rings is 1. The molecule has 10 nitrogen and oxygen atoms in total. The normalized spacial score (nSPS) is 19.0. The number of likely N-dealkylation sites (tertiary alicyclic amines) is 1. The minimum absolute atomic E-state index is 0.142. The van der Waals surface area contributed by atoms with E-state index in [4.69, 9.17) is 14.9 Å².